The molecule has 0 aliphatic heterocycles. The second-order valence-electron chi connectivity index (χ2n) is 6.10. The van der Waals surface area contributed by atoms with Gasteiger partial charge >= 0.3 is 5.97 Å². The number of rotatable bonds is 12. The van der Waals surface area contributed by atoms with E-state index in [0.29, 0.717) is 35.0 Å². The van der Waals surface area contributed by atoms with Gasteiger partial charge in [0.2, 0.25) is 0 Å². The topological polar surface area (TPSA) is 99.0 Å². The fourth-order valence-electron chi connectivity index (χ4n) is 2.75. The molecule has 0 heterocycles. The second kappa shape index (κ2) is 12.7. The molecule has 0 N–H and O–H groups in total. The molecule has 0 fully saturated rings. The van der Waals surface area contributed by atoms with Gasteiger partial charge in [-0.25, -0.2) is 4.79 Å². The fraction of sp³-hybridized carbons (Fsp3) is 0.300. The number of benzene rings is 2. The van der Waals surface area contributed by atoms with Crippen molar-refractivity contribution < 1.29 is 23.4 Å². The third-order valence-corrected chi connectivity index (χ3v) is 5.19. The molecule has 0 amide bonds. The van der Waals surface area contributed by atoms with E-state index in [1.54, 1.807) is 30.5 Å². The van der Waals surface area contributed by atoms with Crippen LogP contribution in [0.3, 0.4) is 0 Å². The van der Waals surface area contributed by atoms with Gasteiger partial charge in [-0.1, -0.05) is 62.2 Å². The molecule has 0 atom stereocenters. The number of Topliss-reactive ketones (excluding diaryl/α,β-unsaturated/α-hetero) is 1. The number of hydrogen-bond donors (Lipinski definition) is 0. The van der Waals surface area contributed by atoms with Crippen LogP contribution in [0, 0.1) is 10.1 Å². The van der Waals surface area contributed by atoms with Gasteiger partial charge in [0.1, 0.15) is 12.2 Å². The minimum absolute atomic E-state index is 0.112. The number of nitro benzene ring substituents is 1. The summed E-state index contributed by atoms with van der Waals surface area (Å²) in [5.74, 6) is -2.02. The van der Waals surface area contributed by atoms with Crippen molar-refractivity contribution in [3.05, 3.63) is 63.7 Å². The average Bonchev–Trinajstić information content (AvgIpc) is 2.77. The van der Waals surface area contributed by atoms with Gasteiger partial charge in [0.05, 0.1) is 28.7 Å². The molecule has 0 bridgehead atoms. The molecule has 8 nitrogen and oxygen atoms in total. The number of anilines is 1. The number of hydrogen-bond acceptors (Lipinski definition) is 8. The predicted octanol–water partition coefficient (Wildman–Crippen LogP) is 4.77. The summed E-state index contributed by atoms with van der Waals surface area (Å²) >= 11 is 7.78. The lowest BCUT2D eigenvalue weighted by Crippen LogP contribution is -2.28. The summed E-state index contributed by atoms with van der Waals surface area (Å²) < 4.78 is 10.6. The molecule has 2 aromatic carbocycles. The van der Waals surface area contributed by atoms with Crippen molar-refractivity contribution in [2.45, 2.75) is 6.61 Å². The molecule has 0 aliphatic carbocycles. The van der Waals surface area contributed by atoms with Crippen molar-refractivity contribution in [1.82, 2.24) is 0 Å². The standard InChI is InChI=1S/C20H20Br2N2O6S/c1-31-30-18-12-16(24(27)28)15(11-17(18)23(9-7-21)10-8-22)19(25)20(26)29-13-14-5-3-2-4-6-14/h2-6,11-12H,7-10,13H2,1H3. The van der Waals surface area contributed by atoms with Gasteiger partial charge in [0.25, 0.3) is 11.5 Å². The number of esters is 1. The Bertz CT molecular complexity index is 923. The van der Waals surface area contributed by atoms with E-state index in [1.807, 2.05) is 11.0 Å². The van der Waals surface area contributed by atoms with Crippen molar-refractivity contribution in [2.75, 3.05) is 34.9 Å². The molecule has 0 radical (unpaired) electrons. The quantitative estimate of drug-likeness (QED) is 0.0678. The van der Waals surface area contributed by atoms with Gasteiger partial charge in [-0.2, -0.15) is 0 Å². The lowest BCUT2D eigenvalue weighted by atomic mass is 10.1. The third kappa shape index (κ3) is 6.94. The minimum Gasteiger partial charge on any atom is -0.455 e. The van der Waals surface area contributed by atoms with Crippen LogP contribution >= 0.6 is 43.9 Å². The van der Waals surface area contributed by atoms with Gasteiger partial charge in [-0.15, -0.1) is 0 Å². The van der Waals surface area contributed by atoms with Gasteiger partial charge in [-0.3, -0.25) is 14.9 Å². The molecule has 0 saturated carbocycles. The maximum atomic E-state index is 12.8. The van der Waals surface area contributed by atoms with Crippen LogP contribution in [0.15, 0.2) is 42.5 Å². The van der Waals surface area contributed by atoms with Gasteiger partial charge in [-0.05, 0) is 11.6 Å². The first-order chi connectivity index (χ1) is 14.9. The Hall–Kier alpha value is -2.11. The first-order valence-corrected chi connectivity index (χ1v) is 12.5. The van der Waals surface area contributed by atoms with E-state index in [1.165, 1.54) is 12.1 Å². The SMILES string of the molecule is CSOc1cc([N+](=O)[O-])c(C(=O)C(=O)OCc2ccccc2)cc1N(CCBr)CCBr. The molecule has 0 saturated heterocycles. The molecule has 166 valence electrons. The number of alkyl halides is 2. The Labute approximate surface area is 200 Å². The number of carbonyl (C=O) groups excluding carboxylic acids is 2. The van der Waals surface area contributed by atoms with Crippen molar-refractivity contribution in [2.24, 2.45) is 0 Å². The highest BCUT2D eigenvalue weighted by atomic mass is 79.9. The zero-order valence-electron chi connectivity index (χ0n) is 16.6. The van der Waals surface area contributed by atoms with Crippen LogP contribution in [-0.2, 0) is 16.1 Å². The van der Waals surface area contributed by atoms with Crippen LogP contribution in [0.4, 0.5) is 11.4 Å². The summed E-state index contributed by atoms with van der Waals surface area (Å²) in [4.78, 5) is 38.0. The van der Waals surface area contributed by atoms with Crippen LogP contribution in [-0.4, -0.2) is 46.7 Å². The summed E-state index contributed by atoms with van der Waals surface area (Å²) in [5.41, 5.74) is 0.300. The number of nitrogens with zero attached hydrogens (tertiary/aromatic N) is 2. The molecule has 0 spiro atoms. The molecule has 11 heteroatoms. The van der Waals surface area contributed by atoms with E-state index in [4.69, 9.17) is 8.92 Å². The zero-order chi connectivity index (χ0) is 22.8. The van der Waals surface area contributed by atoms with E-state index < -0.39 is 22.4 Å². The van der Waals surface area contributed by atoms with E-state index in [2.05, 4.69) is 31.9 Å². The highest BCUT2D eigenvalue weighted by Gasteiger charge is 2.30. The van der Waals surface area contributed by atoms with Crippen molar-refractivity contribution in [3.8, 4) is 5.75 Å². The molecule has 2 aromatic rings. The lowest BCUT2D eigenvalue weighted by molar-refractivity contribution is -0.385. The smallest absolute Gasteiger partial charge is 0.380 e. The van der Waals surface area contributed by atoms with Crippen LogP contribution in [0.5, 0.6) is 5.75 Å². The van der Waals surface area contributed by atoms with E-state index in [0.717, 1.165) is 12.0 Å². The number of carbonyl (C=O) groups is 2. The maximum Gasteiger partial charge on any atom is 0.380 e. The Balaban J connectivity index is 2.42. The summed E-state index contributed by atoms with van der Waals surface area (Å²) in [7, 11) is 0. The third-order valence-electron chi connectivity index (χ3n) is 4.14. The Morgan fingerprint density at radius 1 is 1.13 bits per heavy atom. The van der Waals surface area contributed by atoms with Crippen LogP contribution in [0.2, 0.25) is 0 Å². The highest BCUT2D eigenvalue weighted by molar-refractivity contribution is 9.09. The van der Waals surface area contributed by atoms with E-state index in [-0.39, 0.29) is 17.9 Å². The normalized spacial score (nSPS) is 10.4. The van der Waals surface area contributed by atoms with E-state index in [9.17, 15) is 19.7 Å². The Kier molecular flexibility index (Phi) is 10.3. The fourth-order valence-corrected chi connectivity index (χ4v) is 3.92. The van der Waals surface area contributed by atoms with Crippen LogP contribution in [0.25, 0.3) is 0 Å². The lowest BCUT2D eigenvalue weighted by Gasteiger charge is -2.25. The summed E-state index contributed by atoms with van der Waals surface area (Å²) in [6, 6.07) is 11.3. The van der Waals surface area contributed by atoms with Crippen molar-refractivity contribution in [3.63, 3.8) is 0 Å². The van der Waals surface area contributed by atoms with Gasteiger partial charge in [0.15, 0.2) is 5.75 Å². The van der Waals surface area contributed by atoms with E-state index >= 15 is 0 Å². The van der Waals surface area contributed by atoms with Gasteiger partial charge < -0.3 is 13.8 Å². The van der Waals surface area contributed by atoms with Gasteiger partial charge in [0, 0.05) is 30.0 Å². The molecule has 2 rings (SSSR count). The summed E-state index contributed by atoms with van der Waals surface area (Å²) in [6.07, 6.45) is 1.68. The first kappa shape index (κ1) is 25.2. The number of ether oxygens (including phenoxy) is 1. The highest BCUT2D eigenvalue weighted by Crippen LogP contribution is 2.37. The molecule has 31 heavy (non-hydrogen) atoms. The molecule has 0 aliphatic rings. The largest absolute Gasteiger partial charge is 0.455 e. The van der Waals surface area contributed by atoms with Crippen molar-refractivity contribution in [1.29, 1.82) is 0 Å². The monoisotopic (exact) mass is 574 g/mol. The predicted molar refractivity (Wildman–Crippen MR) is 128 cm³/mol. The number of ketones is 1. The Morgan fingerprint density at radius 2 is 1.77 bits per heavy atom. The summed E-state index contributed by atoms with van der Waals surface area (Å²) in [5, 5.41) is 12.9. The molecule has 0 aromatic heterocycles. The Morgan fingerprint density at radius 3 is 2.32 bits per heavy atom. The van der Waals surface area contributed by atoms with Crippen LogP contribution < -0.4 is 9.08 Å². The minimum atomic E-state index is -1.16. The molecular weight excluding hydrogens is 556 g/mol. The van der Waals surface area contributed by atoms with Crippen molar-refractivity contribution >= 4 is 67.0 Å². The maximum absolute atomic E-state index is 12.8. The number of nitro groups is 1. The number of halogens is 2. The zero-order valence-corrected chi connectivity index (χ0v) is 20.6. The summed E-state index contributed by atoms with van der Waals surface area (Å²) in [6.45, 7) is 1.000. The molecular formula is C20H20Br2N2O6S. The second-order valence-corrected chi connectivity index (χ2v) is 8.19. The molecule has 0 unspecified atom stereocenters. The first-order valence-electron chi connectivity index (χ1n) is 9.08. The average molecular weight is 576 g/mol. The van der Waals surface area contributed by atoms with Crippen LogP contribution in [0.1, 0.15) is 15.9 Å².